The number of nitrogens with zero attached hydrogens (tertiary/aromatic N) is 3. The van der Waals surface area contributed by atoms with E-state index in [1.807, 2.05) is 0 Å². The van der Waals surface area contributed by atoms with Crippen molar-refractivity contribution in [2.24, 2.45) is 21.8 Å². The number of carbonyl (C=O) groups is 1. The van der Waals surface area contributed by atoms with Crippen LogP contribution in [0.4, 0.5) is 0 Å². The normalized spacial score (nSPS) is 29.1. The number of hydrazine groups is 2. The van der Waals surface area contributed by atoms with Crippen molar-refractivity contribution in [2.45, 2.75) is 11.9 Å². The molecule has 1 amide bonds. The Balaban J connectivity index is 0.000000246. The van der Waals surface area contributed by atoms with Gasteiger partial charge in [-0.1, -0.05) is 0 Å². The molecule has 0 aromatic carbocycles. The molecule has 0 aromatic heterocycles. The molecule has 2 heterocycles. The van der Waals surface area contributed by atoms with Crippen LogP contribution in [-0.2, 0) is 23.6 Å². The summed E-state index contributed by atoms with van der Waals surface area (Å²) in [4.78, 5) is 10.8. The highest BCUT2D eigenvalue weighted by Crippen LogP contribution is 2.25. The molecule has 0 aromatic rings. The zero-order valence-corrected chi connectivity index (χ0v) is 11.4. The van der Waals surface area contributed by atoms with Crippen LogP contribution in [0.15, 0.2) is 22.0 Å². The second-order valence-corrected chi connectivity index (χ2v) is 5.05. The fourth-order valence-electron chi connectivity index (χ4n) is 1.25. The van der Waals surface area contributed by atoms with Gasteiger partial charge in [0.05, 0.1) is 19.9 Å². The second-order valence-electron chi connectivity index (χ2n) is 3.56. The Bertz CT molecular complexity index is 532. The number of hydrogen-bond acceptors (Lipinski definition) is 11. The van der Waals surface area contributed by atoms with Gasteiger partial charge < -0.3 is 10.5 Å². The first-order valence-electron chi connectivity index (χ1n) is 4.99. The van der Waals surface area contributed by atoms with Gasteiger partial charge in [0.15, 0.2) is 6.04 Å². The Morgan fingerprint density at radius 2 is 2.05 bits per heavy atom. The molecule has 2 aliphatic rings. The Kier molecular flexibility index (Phi) is 4.87. The summed E-state index contributed by atoms with van der Waals surface area (Å²) in [6, 6.07) is -0.838. The van der Waals surface area contributed by atoms with Gasteiger partial charge in [0.1, 0.15) is 0 Å². The number of rotatable bonds is 2. The summed E-state index contributed by atoms with van der Waals surface area (Å²) >= 11 is 0. The van der Waals surface area contributed by atoms with Crippen molar-refractivity contribution in [3.63, 3.8) is 0 Å². The summed E-state index contributed by atoms with van der Waals surface area (Å²) < 4.78 is 27.5. The average molecular weight is 310 g/mol. The smallest absolute Gasteiger partial charge is 0.359 e. The lowest BCUT2D eigenvalue weighted by Gasteiger charge is -2.25. The first-order chi connectivity index (χ1) is 9.14. The third-order valence-electron chi connectivity index (χ3n) is 2.29. The highest BCUT2D eigenvalue weighted by atomic mass is 32.3. The monoisotopic (exact) mass is 310 g/mol. The topological polar surface area (TPSA) is 182 Å². The van der Waals surface area contributed by atoms with Crippen molar-refractivity contribution in [1.29, 1.82) is 0 Å². The van der Waals surface area contributed by atoms with E-state index in [1.165, 1.54) is 6.08 Å². The Hall–Kier alpha value is -1.48. The highest BCUT2D eigenvalue weighted by molar-refractivity contribution is 7.81. The summed E-state index contributed by atoms with van der Waals surface area (Å²) in [7, 11) is -1.60. The zero-order chi connectivity index (χ0) is 15.6. The van der Waals surface area contributed by atoms with Crippen molar-refractivity contribution in [1.82, 2.24) is 10.5 Å². The summed E-state index contributed by atoms with van der Waals surface area (Å²) in [6.07, 6.45) is 1.18. The standard InChI is InChI=1S/C5H8N6O2.C2H6O4S/c6-5(13)4-2(10-11(5)7)1-3(12)8-9-4;1-5-7(3,4)6-2/h1,4,10,13H,6-7H2;1-2H3. The quantitative estimate of drug-likeness (QED) is 0.304. The van der Waals surface area contributed by atoms with Crippen LogP contribution >= 0.6 is 0 Å². The summed E-state index contributed by atoms with van der Waals surface area (Å²) in [6.45, 7) is 0. The number of amides is 1. The Morgan fingerprint density at radius 3 is 2.50 bits per heavy atom. The van der Waals surface area contributed by atoms with Gasteiger partial charge in [-0.3, -0.25) is 18.9 Å². The molecule has 0 saturated carbocycles. The van der Waals surface area contributed by atoms with Gasteiger partial charge in [-0.15, -0.1) is 10.2 Å². The number of hydrogen-bond donors (Lipinski definition) is 4. The van der Waals surface area contributed by atoms with Gasteiger partial charge in [0.2, 0.25) is 5.85 Å². The maximum absolute atomic E-state index is 10.8. The van der Waals surface area contributed by atoms with E-state index in [-0.39, 0.29) is 0 Å². The lowest BCUT2D eigenvalue weighted by atomic mass is 10.1. The van der Waals surface area contributed by atoms with Crippen molar-refractivity contribution >= 4 is 16.3 Å². The third kappa shape index (κ3) is 3.54. The predicted octanol–water partition coefficient (Wildman–Crippen LogP) is -2.95. The molecule has 12 nitrogen and oxygen atoms in total. The number of fused-ring (bicyclic) bond motifs is 1. The molecule has 20 heavy (non-hydrogen) atoms. The second kappa shape index (κ2) is 5.88. The van der Waals surface area contributed by atoms with Crippen LogP contribution in [0.2, 0.25) is 0 Å². The van der Waals surface area contributed by atoms with Gasteiger partial charge >= 0.3 is 10.4 Å². The Morgan fingerprint density at radius 1 is 1.50 bits per heavy atom. The van der Waals surface area contributed by atoms with Crippen LogP contribution in [0.1, 0.15) is 0 Å². The lowest BCUT2D eigenvalue weighted by Crippen LogP contribution is -2.62. The molecule has 13 heteroatoms. The third-order valence-corrected chi connectivity index (χ3v) is 3.11. The maximum atomic E-state index is 10.8. The molecule has 2 rings (SSSR count). The molecule has 0 radical (unpaired) electrons. The van der Waals surface area contributed by atoms with Gasteiger partial charge in [-0.25, -0.2) is 5.84 Å². The van der Waals surface area contributed by atoms with Crippen molar-refractivity contribution in [2.75, 3.05) is 14.2 Å². The minimum atomic E-state index is -3.66. The molecule has 1 fully saturated rings. The van der Waals surface area contributed by atoms with E-state index in [0.29, 0.717) is 5.70 Å². The fourth-order valence-corrected chi connectivity index (χ4v) is 1.39. The van der Waals surface area contributed by atoms with Crippen LogP contribution in [0.5, 0.6) is 0 Å². The number of azo groups is 1. The van der Waals surface area contributed by atoms with E-state index in [0.717, 1.165) is 19.3 Å². The molecule has 114 valence electrons. The van der Waals surface area contributed by atoms with Crippen molar-refractivity contribution in [3.05, 3.63) is 11.8 Å². The predicted molar refractivity (Wildman–Crippen MR) is 63.0 cm³/mol. The summed E-state index contributed by atoms with van der Waals surface area (Å²) in [5.41, 5.74) is 8.25. The van der Waals surface area contributed by atoms with Crippen LogP contribution in [0.25, 0.3) is 0 Å². The molecule has 0 spiro atoms. The Labute approximate surface area is 114 Å². The van der Waals surface area contributed by atoms with Crippen LogP contribution in [0, 0.1) is 0 Å². The van der Waals surface area contributed by atoms with Gasteiger partial charge in [0, 0.05) is 6.08 Å². The van der Waals surface area contributed by atoms with E-state index < -0.39 is 28.2 Å². The average Bonchev–Trinajstić information content (AvgIpc) is 2.60. The first kappa shape index (κ1) is 16.6. The van der Waals surface area contributed by atoms with Gasteiger partial charge in [0.25, 0.3) is 5.91 Å². The number of aliphatic hydroxyl groups is 1. The number of carbonyl (C=O) groups excluding carboxylic acids is 1. The fraction of sp³-hybridized carbons (Fsp3) is 0.571. The van der Waals surface area contributed by atoms with Crippen molar-refractivity contribution in [3.8, 4) is 0 Å². The van der Waals surface area contributed by atoms with Crippen LogP contribution in [0.3, 0.4) is 0 Å². The summed E-state index contributed by atoms with van der Waals surface area (Å²) in [5, 5.41) is 17.1. The minimum absolute atomic E-state index is 0.340. The van der Waals surface area contributed by atoms with E-state index in [9.17, 15) is 18.3 Å². The molecule has 1 saturated heterocycles. The SMILES string of the molecule is COS(=O)(=O)OC.NN1NC2=CC(=O)N=NC2C1(N)O. The van der Waals surface area contributed by atoms with E-state index in [1.54, 1.807) is 0 Å². The van der Waals surface area contributed by atoms with Crippen molar-refractivity contribution < 1.29 is 26.7 Å². The van der Waals surface area contributed by atoms with Crippen LogP contribution < -0.4 is 17.0 Å². The molecule has 0 bridgehead atoms. The molecular weight excluding hydrogens is 296 g/mol. The van der Waals surface area contributed by atoms with E-state index in [4.69, 9.17) is 11.6 Å². The molecule has 2 atom stereocenters. The summed E-state index contributed by atoms with van der Waals surface area (Å²) in [5.74, 6) is 2.95. The minimum Gasteiger partial charge on any atom is -0.359 e. The van der Waals surface area contributed by atoms with Gasteiger partial charge in [-0.2, -0.15) is 13.5 Å². The van der Waals surface area contributed by atoms with Gasteiger partial charge in [-0.05, 0) is 0 Å². The number of nitrogens with one attached hydrogen (secondary N) is 1. The molecule has 2 unspecified atom stereocenters. The largest absolute Gasteiger partial charge is 0.399 e. The molecule has 2 aliphatic heterocycles. The molecule has 6 N–H and O–H groups in total. The first-order valence-corrected chi connectivity index (χ1v) is 6.32. The maximum Gasteiger partial charge on any atom is 0.399 e. The molecular formula is C7H14N6O6S. The van der Waals surface area contributed by atoms with E-state index >= 15 is 0 Å². The van der Waals surface area contributed by atoms with Crippen LogP contribution in [-0.4, -0.2) is 50.7 Å². The highest BCUT2D eigenvalue weighted by Gasteiger charge is 2.49. The number of nitrogens with two attached hydrogens (primary N) is 2. The molecule has 0 aliphatic carbocycles. The lowest BCUT2D eigenvalue weighted by molar-refractivity contribution is -0.115. The zero-order valence-electron chi connectivity index (χ0n) is 10.5. The van der Waals surface area contributed by atoms with E-state index in [2.05, 4.69) is 24.0 Å².